The maximum atomic E-state index is 5.86. The molecule has 0 radical (unpaired) electrons. The van der Waals surface area contributed by atoms with Gasteiger partial charge in [0.2, 0.25) is 0 Å². The third-order valence-electron chi connectivity index (χ3n) is 3.81. The number of nitrogens with zero attached hydrogens (tertiary/aromatic N) is 2. The second-order valence-corrected chi connectivity index (χ2v) is 4.93. The van der Waals surface area contributed by atoms with E-state index >= 15 is 0 Å². The quantitative estimate of drug-likeness (QED) is 0.841. The SMILES string of the molecule is CCc1nn(CCC2CCCO2)c(CC)c1CN. The van der Waals surface area contributed by atoms with Crippen LogP contribution in [0.2, 0.25) is 0 Å². The fourth-order valence-electron chi connectivity index (χ4n) is 2.83. The van der Waals surface area contributed by atoms with Crippen LogP contribution in [0.5, 0.6) is 0 Å². The highest BCUT2D eigenvalue weighted by Crippen LogP contribution is 2.19. The summed E-state index contributed by atoms with van der Waals surface area (Å²) in [5.74, 6) is 0. The van der Waals surface area contributed by atoms with Gasteiger partial charge >= 0.3 is 0 Å². The maximum absolute atomic E-state index is 5.86. The Hall–Kier alpha value is -0.870. The zero-order valence-electron chi connectivity index (χ0n) is 11.6. The Bertz CT molecular complexity index is 381. The van der Waals surface area contributed by atoms with E-state index in [0.717, 1.165) is 32.4 Å². The van der Waals surface area contributed by atoms with Crippen LogP contribution in [-0.4, -0.2) is 22.5 Å². The van der Waals surface area contributed by atoms with Crippen LogP contribution in [0.1, 0.15) is 50.1 Å². The van der Waals surface area contributed by atoms with Crippen LogP contribution < -0.4 is 5.73 Å². The van der Waals surface area contributed by atoms with Crippen molar-refractivity contribution < 1.29 is 4.74 Å². The predicted molar refractivity (Wildman–Crippen MR) is 72.5 cm³/mol. The molecule has 1 atom stereocenters. The second-order valence-electron chi connectivity index (χ2n) is 4.93. The topological polar surface area (TPSA) is 53.1 Å². The van der Waals surface area contributed by atoms with Crippen molar-refractivity contribution >= 4 is 0 Å². The molecule has 1 aromatic rings. The molecule has 1 saturated heterocycles. The van der Waals surface area contributed by atoms with Crippen molar-refractivity contribution in [2.24, 2.45) is 5.73 Å². The van der Waals surface area contributed by atoms with Crippen molar-refractivity contribution in [2.45, 2.75) is 65.1 Å². The van der Waals surface area contributed by atoms with E-state index in [1.54, 1.807) is 0 Å². The van der Waals surface area contributed by atoms with E-state index in [4.69, 9.17) is 15.6 Å². The Balaban J connectivity index is 2.08. The predicted octanol–water partition coefficient (Wildman–Crippen LogP) is 2.04. The van der Waals surface area contributed by atoms with E-state index in [-0.39, 0.29) is 0 Å². The lowest BCUT2D eigenvalue weighted by Gasteiger charge is -2.11. The number of nitrogens with two attached hydrogens (primary N) is 1. The first-order chi connectivity index (χ1) is 8.80. The molecule has 4 heteroatoms. The normalized spacial score (nSPS) is 19.6. The van der Waals surface area contributed by atoms with Crippen LogP contribution in [0.25, 0.3) is 0 Å². The van der Waals surface area contributed by atoms with Crippen LogP contribution in [0.4, 0.5) is 0 Å². The fourth-order valence-corrected chi connectivity index (χ4v) is 2.83. The molecule has 1 unspecified atom stereocenters. The summed E-state index contributed by atoms with van der Waals surface area (Å²) < 4.78 is 7.83. The Kier molecular flexibility index (Phi) is 4.78. The van der Waals surface area contributed by atoms with Gasteiger partial charge in [-0.2, -0.15) is 5.10 Å². The smallest absolute Gasteiger partial charge is 0.0669 e. The molecule has 2 heterocycles. The Morgan fingerprint density at radius 1 is 1.39 bits per heavy atom. The van der Waals surface area contributed by atoms with Crippen molar-refractivity contribution in [2.75, 3.05) is 6.61 Å². The number of rotatable bonds is 6. The van der Waals surface area contributed by atoms with Gasteiger partial charge in [0.15, 0.2) is 0 Å². The third kappa shape index (κ3) is 2.75. The summed E-state index contributed by atoms with van der Waals surface area (Å²) >= 11 is 0. The van der Waals surface area contributed by atoms with Crippen molar-refractivity contribution in [3.63, 3.8) is 0 Å². The van der Waals surface area contributed by atoms with Gasteiger partial charge < -0.3 is 10.5 Å². The standard InChI is InChI=1S/C14H25N3O/c1-3-13-12(10-15)14(4-2)17(16-13)8-7-11-6-5-9-18-11/h11H,3-10,15H2,1-2H3. The molecule has 0 saturated carbocycles. The summed E-state index contributed by atoms with van der Waals surface area (Å²) in [5.41, 5.74) is 9.59. The number of aryl methyl sites for hydroxylation is 2. The monoisotopic (exact) mass is 251 g/mol. The highest BCUT2D eigenvalue weighted by Gasteiger charge is 2.18. The van der Waals surface area contributed by atoms with Crippen LogP contribution >= 0.6 is 0 Å². The number of aromatic nitrogens is 2. The zero-order valence-corrected chi connectivity index (χ0v) is 11.6. The fraction of sp³-hybridized carbons (Fsp3) is 0.786. The maximum Gasteiger partial charge on any atom is 0.0669 e. The first-order valence-electron chi connectivity index (χ1n) is 7.19. The van der Waals surface area contributed by atoms with Gasteiger partial charge in [0, 0.05) is 31.0 Å². The molecule has 1 aromatic heterocycles. The van der Waals surface area contributed by atoms with Gasteiger partial charge in [0.25, 0.3) is 0 Å². The van der Waals surface area contributed by atoms with Crippen molar-refractivity contribution in [1.29, 1.82) is 0 Å². The number of hydrogen-bond donors (Lipinski definition) is 1. The summed E-state index contributed by atoms with van der Waals surface area (Å²) in [6.07, 6.45) is 5.89. The molecule has 0 spiro atoms. The molecule has 2 N–H and O–H groups in total. The highest BCUT2D eigenvalue weighted by molar-refractivity contribution is 5.26. The van der Waals surface area contributed by atoms with Gasteiger partial charge in [-0.1, -0.05) is 13.8 Å². The molecule has 0 amide bonds. The van der Waals surface area contributed by atoms with Gasteiger partial charge in [-0.3, -0.25) is 4.68 Å². The van der Waals surface area contributed by atoms with E-state index < -0.39 is 0 Å². The highest BCUT2D eigenvalue weighted by atomic mass is 16.5. The lowest BCUT2D eigenvalue weighted by atomic mass is 10.1. The van der Waals surface area contributed by atoms with E-state index in [1.807, 2.05) is 0 Å². The summed E-state index contributed by atoms with van der Waals surface area (Å²) in [7, 11) is 0. The summed E-state index contributed by atoms with van der Waals surface area (Å²) in [6, 6.07) is 0. The van der Waals surface area contributed by atoms with Gasteiger partial charge in [-0.05, 0) is 32.1 Å². The minimum atomic E-state index is 0.435. The van der Waals surface area contributed by atoms with Gasteiger partial charge in [-0.15, -0.1) is 0 Å². The summed E-state index contributed by atoms with van der Waals surface area (Å²) in [5, 5.41) is 4.71. The van der Waals surface area contributed by atoms with Crippen molar-refractivity contribution in [3.8, 4) is 0 Å². The Morgan fingerprint density at radius 2 is 2.22 bits per heavy atom. The first kappa shape index (κ1) is 13.6. The third-order valence-corrected chi connectivity index (χ3v) is 3.81. The Labute approximate surface area is 110 Å². The van der Waals surface area contributed by atoms with Gasteiger partial charge in [0.05, 0.1) is 11.8 Å². The minimum absolute atomic E-state index is 0.435. The summed E-state index contributed by atoms with van der Waals surface area (Å²) in [6.45, 7) is 6.81. The second kappa shape index (κ2) is 6.34. The van der Waals surface area contributed by atoms with E-state index in [9.17, 15) is 0 Å². The molecule has 0 bridgehead atoms. The lowest BCUT2D eigenvalue weighted by molar-refractivity contribution is 0.0992. The number of hydrogen-bond acceptors (Lipinski definition) is 3. The van der Waals surface area contributed by atoms with Crippen molar-refractivity contribution in [3.05, 3.63) is 17.0 Å². The average Bonchev–Trinajstić information content (AvgIpc) is 3.02. The lowest BCUT2D eigenvalue weighted by Crippen LogP contribution is -2.13. The largest absolute Gasteiger partial charge is 0.378 e. The van der Waals surface area contributed by atoms with Crippen LogP contribution in [-0.2, 0) is 30.7 Å². The van der Waals surface area contributed by atoms with E-state index in [1.165, 1.54) is 29.8 Å². The van der Waals surface area contributed by atoms with Gasteiger partial charge in [0.1, 0.15) is 0 Å². The first-order valence-corrected chi connectivity index (χ1v) is 7.19. The molecule has 1 fully saturated rings. The molecular weight excluding hydrogens is 226 g/mol. The molecule has 2 rings (SSSR count). The molecule has 0 aliphatic carbocycles. The molecule has 0 aromatic carbocycles. The summed E-state index contributed by atoms with van der Waals surface area (Å²) in [4.78, 5) is 0. The van der Waals surface area contributed by atoms with Crippen molar-refractivity contribution in [1.82, 2.24) is 9.78 Å². The minimum Gasteiger partial charge on any atom is -0.378 e. The molecular formula is C14H25N3O. The Morgan fingerprint density at radius 3 is 2.78 bits per heavy atom. The number of ether oxygens (including phenoxy) is 1. The molecule has 18 heavy (non-hydrogen) atoms. The van der Waals surface area contributed by atoms with Crippen LogP contribution in [0, 0.1) is 0 Å². The van der Waals surface area contributed by atoms with Crippen LogP contribution in [0.15, 0.2) is 0 Å². The molecule has 4 nitrogen and oxygen atoms in total. The van der Waals surface area contributed by atoms with E-state index in [0.29, 0.717) is 12.6 Å². The molecule has 102 valence electrons. The molecule has 1 aliphatic heterocycles. The van der Waals surface area contributed by atoms with Gasteiger partial charge in [-0.25, -0.2) is 0 Å². The van der Waals surface area contributed by atoms with Crippen LogP contribution in [0.3, 0.4) is 0 Å². The zero-order chi connectivity index (χ0) is 13.0. The van der Waals surface area contributed by atoms with E-state index in [2.05, 4.69) is 18.5 Å². The molecule has 1 aliphatic rings. The average molecular weight is 251 g/mol.